The van der Waals surface area contributed by atoms with Crippen molar-refractivity contribution in [3.05, 3.63) is 29.8 Å². The SMILES string of the molecule is CCCNC(=O)N1CCN(C(=O)c2ccc(OC3CCCC3)cc2)CC1. The van der Waals surface area contributed by atoms with E-state index in [9.17, 15) is 9.59 Å². The van der Waals surface area contributed by atoms with Crippen molar-refractivity contribution in [2.45, 2.75) is 45.1 Å². The second-order valence-electron chi connectivity index (χ2n) is 7.06. The van der Waals surface area contributed by atoms with Gasteiger partial charge < -0.3 is 19.9 Å². The van der Waals surface area contributed by atoms with E-state index in [1.807, 2.05) is 36.1 Å². The van der Waals surface area contributed by atoms with Crippen molar-refractivity contribution in [1.29, 1.82) is 0 Å². The summed E-state index contributed by atoms with van der Waals surface area (Å²) in [7, 11) is 0. The van der Waals surface area contributed by atoms with E-state index in [0.717, 1.165) is 25.0 Å². The van der Waals surface area contributed by atoms with E-state index >= 15 is 0 Å². The van der Waals surface area contributed by atoms with Crippen LogP contribution in [0.4, 0.5) is 4.79 Å². The Morgan fingerprint density at radius 3 is 2.27 bits per heavy atom. The van der Waals surface area contributed by atoms with Crippen molar-refractivity contribution in [2.75, 3.05) is 32.7 Å². The number of ether oxygens (including phenoxy) is 1. The highest BCUT2D eigenvalue weighted by Crippen LogP contribution is 2.24. The van der Waals surface area contributed by atoms with E-state index in [1.54, 1.807) is 4.90 Å². The van der Waals surface area contributed by atoms with Gasteiger partial charge >= 0.3 is 6.03 Å². The lowest BCUT2D eigenvalue weighted by atomic mass is 10.1. The minimum absolute atomic E-state index is 0.0195. The molecule has 1 aliphatic heterocycles. The highest BCUT2D eigenvalue weighted by molar-refractivity contribution is 5.94. The topological polar surface area (TPSA) is 61.9 Å². The number of benzene rings is 1. The molecule has 1 aromatic carbocycles. The first-order valence-electron chi connectivity index (χ1n) is 9.76. The summed E-state index contributed by atoms with van der Waals surface area (Å²) in [4.78, 5) is 28.2. The third-order valence-electron chi connectivity index (χ3n) is 5.09. The van der Waals surface area contributed by atoms with Crippen LogP contribution in [-0.2, 0) is 0 Å². The average Bonchev–Trinajstić information content (AvgIpc) is 3.19. The first kappa shape index (κ1) is 18.5. The van der Waals surface area contributed by atoms with Crippen LogP contribution >= 0.6 is 0 Å². The van der Waals surface area contributed by atoms with Gasteiger partial charge in [-0.2, -0.15) is 0 Å². The molecule has 3 rings (SSSR count). The molecule has 1 aromatic rings. The van der Waals surface area contributed by atoms with E-state index in [-0.39, 0.29) is 11.9 Å². The Morgan fingerprint density at radius 1 is 1.04 bits per heavy atom. The molecule has 1 heterocycles. The maximum atomic E-state index is 12.7. The van der Waals surface area contributed by atoms with Crippen molar-refractivity contribution in [1.82, 2.24) is 15.1 Å². The molecule has 2 aliphatic rings. The highest BCUT2D eigenvalue weighted by Gasteiger charge is 2.24. The Balaban J connectivity index is 1.49. The number of hydrogen-bond donors (Lipinski definition) is 1. The number of hydrogen-bond acceptors (Lipinski definition) is 3. The summed E-state index contributed by atoms with van der Waals surface area (Å²) in [5.41, 5.74) is 0.674. The Kier molecular flexibility index (Phi) is 6.36. The molecule has 6 heteroatoms. The molecule has 3 amide bonds. The van der Waals surface area contributed by atoms with Gasteiger partial charge in [-0.1, -0.05) is 6.92 Å². The fourth-order valence-electron chi connectivity index (χ4n) is 3.51. The molecule has 0 unspecified atom stereocenters. The van der Waals surface area contributed by atoms with E-state index in [1.165, 1.54) is 12.8 Å². The fraction of sp³-hybridized carbons (Fsp3) is 0.600. The monoisotopic (exact) mass is 359 g/mol. The summed E-state index contributed by atoms with van der Waals surface area (Å²) >= 11 is 0. The fourth-order valence-corrected chi connectivity index (χ4v) is 3.51. The van der Waals surface area contributed by atoms with Crippen molar-refractivity contribution < 1.29 is 14.3 Å². The molecule has 2 fully saturated rings. The minimum Gasteiger partial charge on any atom is -0.490 e. The van der Waals surface area contributed by atoms with Gasteiger partial charge in [-0.3, -0.25) is 4.79 Å². The van der Waals surface area contributed by atoms with Crippen molar-refractivity contribution in [2.24, 2.45) is 0 Å². The van der Waals surface area contributed by atoms with E-state index < -0.39 is 0 Å². The van der Waals surface area contributed by atoms with Gasteiger partial charge in [0.15, 0.2) is 0 Å². The number of carbonyl (C=O) groups is 2. The summed E-state index contributed by atoms with van der Waals surface area (Å²) in [6.07, 6.45) is 5.97. The van der Waals surface area contributed by atoms with Gasteiger partial charge in [0.2, 0.25) is 0 Å². The minimum atomic E-state index is -0.0348. The largest absolute Gasteiger partial charge is 0.490 e. The summed E-state index contributed by atoms with van der Waals surface area (Å²) in [5, 5.41) is 2.88. The summed E-state index contributed by atoms with van der Waals surface area (Å²) in [6.45, 7) is 5.00. The molecule has 6 nitrogen and oxygen atoms in total. The van der Waals surface area contributed by atoms with Gasteiger partial charge in [-0.15, -0.1) is 0 Å². The van der Waals surface area contributed by atoms with Crippen molar-refractivity contribution >= 4 is 11.9 Å². The van der Waals surface area contributed by atoms with Gasteiger partial charge in [-0.05, 0) is 56.4 Å². The number of piperazine rings is 1. The molecule has 0 atom stereocenters. The van der Waals surface area contributed by atoms with Gasteiger partial charge in [0.05, 0.1) is 6.10 Å². The first-order chi connectivity index (χ1) is 12.7. The number of amides is 3. The average molecular weight is 359 g/mol. The predicted octanol–water partition coefficient (Wildman–Crippen LogP) is 2.89. The number of carbonyl (C=O) groups excluding carboxylic acids is 2. The number of nitrogens with zero attached hydrogens (tertiary/aromatic N) is 2. The lowest BCUT2D eigenvalue weighted by Crippen LogP contribution is -2.53. The second-order valence-corrected chi connectivity index (χ2v) is 7.06. The zero-order valence-corrected chi connectivity index (χ0v) is 15.6. The molecule has 26 heavy (non-hydrogen) atoms. The highest BCUT2D eigenvalue weighted by atomic mass is 16.5. The third-order valence-corrected chi connectivity index (χ3v) is 5.09. The van der Waals surface area contributed by atoms with Gasteiger partial charge in [-0.25, -0.2) is 4.79 Å². The molecule has 1 N–H and O–H groups in total. The summed E-state index contributed by atoms with van der Waals surface area (Å²) in [6, 6.07) is 7.42. The Hall–Kier alpha value is -2.24. The number of urea groups is 1. The quantitative estimate of drug-likeness (QED) is 0.879. The second kappa shape index (κ2) is 8.92. The molecular formula is C20H29N3O3. The first-order valence-corrected chi connectivity index (χ1v) is 9.76. The summed E-state index contributed by atoms with van der Waals surface area (Å²) in [5.74, 6) is 0.858. The Bertz CT molecular complexity index is 603. The number of rotatable bonds is 5. The van der Waals surface area contributed by atoms with Crippen molar-refractivity contribution in [3.63, 3.8) is 0 Å². The molecule has 0 aromatic heterocycles. The smallest absolute Gasteiger partial charge is 0.317 e. The molecule has 1 saturated heterocycles. The molecule has 0 spiro atoms. The Labute approximate surface area is 155 Å². The lowest BCUT2D eigenvalue weighted by molar-refractivity contribution is 0.0665. The maximum Gasteiger partial charge on any atom is 0.317 e. The van der Waals surface area contributed by atoms with Crippen LogP contribution in [0.5, 0.6) is 5.75 Å². The Morgan fingerprint density at radius 2 is 1.65 bits per heavy atom. The maximum absolute atomic E-state index is 12.7. The van der Waals surface area contributed by atoms with E-state index in [4.69, 9.17) is 4.74 Å². The standard InChI is InChI=1S/C20H29N3O3/c1-2-11-21-20(25)23-14-12-22(13-15-23)19(24)16-7-9-18(10-8-16)26-17-5-3-4-6-17/h7-10,17H,2-6,11-15H2,1H3,(H,21,25). The van der Waals surface area contributed by atoms with Gasteiger partial charge in [0, 0.05) is 38.3 Å². The van der Waals surface area contributed by atoms with E-state index in [0.29, 0.717) is 44.4 Å². The van der Waals surface area contributed by atoms with E-state index in [2.05, 4.69) is 5.32 Å². The molecule has 1 saturated carbocycles. The molecular weight excluding hydrogens is 330 g/mol. The van der Waals surface area contributed by atoms with Crippen LogP contribution in [0.2, 0.25) is 0 Å². The zero-order valence-electron chi connectivity index (χ0n) is 15.6. The molecule has 142 valence electrons. The van der Waals surface area contributed by atoms with Crippen LogP contribution < -0.4 is 10.1 Å². The third kappa shape index (κ3) is 4.68. The predicted molar refractivity (Wildman–Crippen MR) is 100 cm³/mol. The van der Waals surface area contributed by atoms with Crippen molar-refractivity contribution in [3.8, 4) is 5.75 Å². The molecule has 0 bridgehead atoms. The van der Waals surface area contributed by atoms with Crippen LogP contribution in [-0.4, -0.2) is 60.6 Å². The normalized spacial score (nSPS) is 18.0. The van der Waals surface area contributed by atoms with Crippen LogP contribution in [0, 0.1) is 0 Å². The van der Waals surface area contributed by atoms with Gasteiger partial charge in [0.1, 0.15) is 5.75 Å². The van der Waals surface area contributed by atoms with Crippen LogP contribution in [0.25, 0.3) is 0 Å². The number of nitrogens with one attached hydrogen (secondary N) is 1. The van der Waals surface area contributed by atoms with Crippen LogP contribution in [0.3, 0.4) is 0 Å². The lowest BCUT2D eigenvalue weighted by Gasteiger charge is -2.34. The van der Waals surface area contributed by atoms with Gasteiger partial charge in [0.25, 0.3) is 5.91 Å². The zero-order chi connectivity index (χ0) is 18.4. The molecule has 0 radical (unpaired) electrons. The molecule has 1 aliphatic carbocycles. The van der Waals surface area contributed by atoms with Crippen LogP contribution in [0.1, 0.15) is 49.4 Å². The summed E-state index contributed by atoms with van der Waals surface area (Å²) < 4.78 is 5.95. The van der Waals surface area contributed by atoms with Crippen LogP contribution in [0.15, 0.2) is 24.3 Å².